The van der Waals surface area contributed by atoms with Gasteiger partial charge in [-0.2, -0.15) is 0 Å². The van der Waals surface area contributed by atoms with E-state index in [1.807, 2.05) is 0 Å². The van der Waals surface area contributed by atoms with E-state index in [0.717, 1.165) is 5.56 Å². The van der Waals surface area contributed by atoms with Crippen molar-refractivity contribution in [2.45, 2.75) is 64.2 Å². The molecule has 5 heteroatoms. The van der Waals surface area contributed by atoms with Crippen LogP contribution in [0.15, 0.2) is 35.7 Å². The number of unbranched alkanes of at least 4 members (excludes halogenated alkanes) is 3. The quantitative estimate of drug-likeness (QED) is 0.325. The number of benzene rings is 1. The molecule has 0 N–H and O–H groups in total. The van der Waals surface area contributed by atoms with Crippen molar-refractivity contribution in [1.29, 1.82) is 0 Å². The minimum atomic E-state index is -4.31. The van der Waals surface area contributed by atoms with E-state index in [9.17, 15) is 13.0 Å². The van der Waals surface area contributed by atoms with Crippen LogP contribution in [0.25, 0.3) is 6.08 Å². The summed E-state index contributed by atoms with van der Waals surface area (Å²) in [6.45, 7) is 13.1. The summed E-state index contributed by atoms with van der Waals surface area (Å²) in [7, 11) is -4.83. The SMILES string of the molecule is C=Cc1ccc(S(=O)(=O)[O-])cc1.CCCC[P+](C)(CCCC)CCCC. The fourth-order valence-corrected chi connectivity index (χ4v) is 7.10. The maximum Gasteiger partial charge on any atom is 0.124 e. The Balaban J connectivity index is 0.000000485. The van der Waals surface area contributed by atoms with E-state index < -0.39 is 17.4 Å². The normalized spacial score (nSPS) is 11.6. The van der Waals surface area contributed by atoms with Gasteiger partial charge < -0.3 is 4.55 Å². The molecule has 0 radical (unpaired) electrons. The molecule has 0 unspecified atom stereocenters. The smallest absolute Gasteiger partial charge is 0.124 e. The lowest BCUT2D eigenvalue weighted by atomic mass is 10.2. The van der Waals surface area contributed by atoms with E-state index in [1.165, 1.54) is 62.8 Å². The van der Waals surface area contributed by atoms with Crippen molar-refractivity contribution in [1.82, 2.24) is 0 Å². The van der Waals surface area contributed by atoms with Gasteiger partial charge in [-0.15, -0.1) is 0 Å². The lowest BCUT2D eigenvalue weighted by Crippen LogP contribution is -2.07. The lowest BCUT2D eigenvalue weighted by Gasteiger charge is -2.22. The zero-order chi connectivity index (χ0) is 20.1. The van der Waals surface area contributed by atoms with Crippen LogP contribution in [0.4, 0.5) is 0 Å². The van der Waals surface area contributed by atoms with Gasteiger partial charge in [-0.05, 0) is 37.0 Å². The van der Waals surface area contributed by atoms with Crippen molar-refractivity contribution in [3.05, 3.63) is 36.4 Å². The van der Waals surface area contributed by atoms with E-state index in [1.54, 1.807) is 24.6 Å². The van der Waals surface area contributed by atoms with Gasteiger partial charge in [0.15, 0.2) is 0 Å². The van der Waals surface area contributed by atoms with E-state index >= 15 is 0 Å². The zero-order valence-electron chi connectivity index (χ0n) is 17.0. The minimum absolute atomic E-state index is 0.215. The third-order valence-corrected chi connectivity index (χ3v) is 9.60. The molecule has 0 saturated heterocycles. The molecule has 0 atom stereocenters. The van der Waals surface area contributed by atoms with Crippen molar-refractivity contribution in [3.8, 4) is 0 Å². The summed E-state index contributed by atoms with van der Waals surface area (Å²) in [5.41, 5.74) is 0.780. The van der Waals surface area contributed by atoms with Gasteiger partial charge in [0.1, 0.15) is 10.1 Å². The number of hydrogen-bond donors (Lipinski definition) is 0. The summed E-state index contributed by atoms with van der Waals surface area (Å²) in [6.07, 6.45) is 14.8. The molecule has 0 aromatic heterocycles. The summed E-state index contributed by atoms with van der Waals surface area (Å²) in [5.74, 6) is 0. The average Bonchev–Trinajstić information content (AvgIpc) is 2.63. The van der Waals surface area contributed by atoms with Crippen LogP contribution < -0.4 is 0 Å². The molecule has 0 aliphatic carbocycles. The Kier molecular flexibility index (Phi) is 13.1. The molecule has 1 rings (SSSR count). The van der Waals surface area contributed by atoms with Gasteiger partial charge in [0.25, 0.3) is 0 Å². The highest BCUT2D eigenvalue weighted by Crippen LogP contribution is 2.57. The van der Waals surface area contributed by atoms with Gasteiger partial charge >= 0.3 is 0 Å². The van der Waals surface area contributed by atoms with Crippen LogP contribution in [0.3, 0.4) is 0 Å². The van der Waals surface area contributed by atoms with Crippen LogP contribution in [-0.2, 0) is 10.1 Å². The Bertz CT molecular complexity index is 572. The maximum atomic E-state index is 10.5. The van der Waals surface area contributed by atoms with Crippen molar-refractivity contribution < 1.29 is 13.0 Å². The van der Waals surface area contributed by atoms with E-state index in [-0.39, 0.29) is 4.90 Å². The van der Waals surface area contributed by atoms with E-state index in [4.69, 9.17) is 0 Å². The van der Waals surface area contributed by atoms with Crippen LogP contribution in [0.5, 0.6) is 0 Å². The van der Waals surface area contributed by atoms with Crippen molar-refractivity contribution in [3.63, 3.8) is 0 Å². The van der Waals surface area contributed by atoms with Gasteiger partial charge in [-0.1, -0.05) is 64.8 Å². The van der Waals surface area contributed by atoms with Crippen molar-refractivity contribution in [2.75, 3.05) is 25.2 Å². The van der Waals surface area contributed by atoms with Gasteiger partial charge in [0, 0.05) is 13.9 Å². The monoisotopic (exact) mass is 400 g/mol. The first kappa shape index (κ1) is 25.3. The molecular formula is C21H37O3PS. The van der Waals surface area contributed by atoms with Crippen LogP contribution in [0, 0.1) is 0 Å². The summed E-state index contributed by atoms with van der Waals surface area (Å²) < 4.78 is 31.4. The predicted molar refractivity (Wildman–Crippen MR) is 117 cm³/mol. The third-order valence-electron chi connectivity index (χ3n) is 4.56. The molecule has 150 valence electrons. The Hall–Kier alpha value is -0.700. The van der Waals surface area contributed by atoms with Crippen LogP contribution in [-0.4, -0.2) is 38.1 Å². The minimum Gasteiger partial charge on any atom is -0.744 e. The highest BCUT2D eigenvalue weighted by atomic mass is 32.2. The molecule has 0 bridgehead atoms. The van der Waals surface area contributed by atoms with Gasteiger partial charge in [-0.25, -0.2) is 8.42 Å². The Morgan fingerprint density at radius 1 is 0.923 bits per heavy atom. The highest BCUT2D eigenvalue weighted by Gasteiger charge is 2.28. The van der Waals surface area contributed by atoms with Crippen LogP contribution in [0.2, 0.25) is 0 Å². The average molecular weight is 401 g/mol. The summed E-state index contributed by atoms with van der Waals surface area (Å²) in [5, 5.41) is 0. The Morgan fingerprint density at radius 2 is 1.31 bits per heavy atom. The molecule has 0 aliphatic heterocycles. The molecule has 0 amide bonds. The zero-order valence-corrected chi connectivity index (χ0v) is 18.7. The van der Waals surface area contributed by atoms with E-state index in [2.05, 4.69) is 34.0 Å². The highest BCUT2D eigenvalue weighted by molar-refractivity contribution is 7.85. The first-order chi connectivity index (χ1) is 12.2. The van der Waals surface area contributed by atoms with Crippen molar-refractivity contribution >= 4 is 23.5 Å². The standard InChI is InChI=1S/C13H30P.C8H8O3S/c1-5-8-11-14(4,12-9-6-2)13-10-7-3;1-2-7-3-5-8(6-4-7)12(9,10)11/h5-13H2,1-4H3;2-6H,1H2,(H,9,10,11)/q+1;/p-1. The summed E-state index contributed by atoms with van der Waals surface area (Å²) in [4.78, 5) is -0.215. The molecule has 0 saturated carbocycles. The molecule has 0 heterocycles. The molecule has 3 nitrogen and oxygen atoms in total. The first-order valence-electron chi connectivity index (χ1n) is 9.74. The molecule has 1 aromatic carbocycles. The first-order valence-corrected chi connectivity index (χ1v) is 13.9. The summed E-state index contributed by atoms with van der Waals surface area (Å²) >= 11 is 0. The summed E-state index contributed by atoms with van der Waals surface area (Å²) in [6, 6.07) is 5.58. The van der Waals surface area contributed by atoms with Crippen molar-refractivity contribution in [2.24, 2.45) is 0 Å². The lowest BCUT2D eigenvalue weighted by molar-refractivity contribution is 0.463. The fourth-order valence-electron chi connectivity index (χ4n) is 2.73. The second-order valence-corrected chi connectivity index (χ2v) is 13.0. The molecular weight excluding hydrogens is 363 g/mol. The predicted octanol–water partition coefficient (Wildman–Crippen LogP) is 6.27. The molecule has 26 heavy (non-hydrogen) atoms. The van der Waals surface area contributed by atoms with Gasteiger partial charge in [0.05, 0.1) is 23.4 Å². The Morgan fingerprint density at radius 3 is 1.58 bits per heavy atom. The second-order valence-electron chi connectivity index (χ2n) is 7.08. The fraction of sp³-hybridized carbons (Fsp3) is 0.619. The molecule has 0 fully saturated rings. The second kappa shape index (κ2) is 13.5. The molecule has 1 aromatic rings. The van der Waals surface area contributed by atoms with Gasteiger partial charge in [-0.3, -0.25) is 0 Å². The van der Waals surface area contributed by atoms with E-state index in [0.29, 0.717) is 0 Å². The van der Waals surface area contributed by atoms with Crippen LogP contribution >= 0.6 is 7.26 Å². The van der Waals surface area contributed by atoms with Crippen LogP contribution in [0.1, 0.15) is 64.9 Å². The number of rotatable bonds is 11. The third kappa shape index (κ3) is 11.1. The number of hydrogen-bond acceptors (Lipinski definition) is 3. The topological polar surface area (TPSA) is 57.2 Å². The maximum absolute atomic E-state index is 10.5. The molecule has 0 spiro atoms. The largest absolute Gasteiger partial charge is 0.744 e. The van der Waals surface area contributed by atoms with Gasteiger partial charge in [0.2, 0.25) is 0 Å². The molecule has 0 aliphatic rings. The Labute approximate surface area is 162 Å².